The van der Waals surface area contributed by atoms with Crippen molar-refractivity contribution in [2.75, 3.05) is 6.54 Å². The molecule has 1 aromatic rings. The Hall–Kier alpha value is -0.600. The Bertz CT molecular complexity index is 425. The zero-order valence-corrected chi connectivity index (χ0v) is 12.0. The second-order valence-electron chi connectivity index (χ2n) is 5.95. The zero-order valence-electron chi connectivity index (χ0n) is 11.3. The first-order valence-electron chi connectivity index (χ1n) is 6.62. The van der Waals surface area contributed by atoms with Crippen molar-refractivity contribution in [2.24, 2.45) is 5.92 Å². The highest BCUT2D eigenvalue weighted by molar-refractivity contribution is 6.31. The third kappa shape index (κ3) is 2.70. The van der Waals surface area contributed by atoms with Crippen LogP contribution in [-0.2, 0) is 5.41 Å². The van der Waals surface area contributed by atoms with Crippen LogP contribution in [0.3, 0.4) is 0 Å². The molecule has 0 bridgehead atoms. The molecule has 1 saturated carbocycles. The summed E-state index contributed by atoms with van der Waals surface area (Å²) in [5.41, 5.74) is 1.19. The third-order valence-corrected chi connectivity index (χ3v) is 4.14. The molecule has 0 aromatic heterocycles. The van der Waals surface area contributed by atoms with Gasteiger partial charge in [-0.15, -0.1) is 0 Å². The third-order valence-electron chi connectivity index (χ3n) is 3.83. The summed E-state index contributed by atoms with van der Waals surface area (Å²) in [5, 5.41) is 4.06. The van der Waals surface area contributed by atoms with Crippen molar-refractivity contribution in [3.63, 3.8) is 0 Å². The molecule has 0 unspecified atom stereocenters. The number of rotatable bonds is 4. The van der Waals surface area contributed by atoms with Crippen molar-refractivity contribution in [1.29, 1.82) is 0 Å². The van der Waals surface area contributed by atoms with E-state index in [2.05, 4.69) is 26.1 Å². The molecule has 1 nitrogen and oxygen atoms in total. The molecule has 18 heavy (non-hydrogen) atoms. The van der Waals surface area contributed by atoms with E-state index in [1.165, 1.54) is 12.1 Å². The maximum absolute atomic E-state index is 13.1. The molecule has 0 aliphatic heterocycles. The quantitative estimate of drug-likeness (QED) is 0.866. The van der Waals surface area contributed by atoms with Crippen molar-refractivity contribution < 1.29 is 4.39 Å². The normalized spacial score (nSPS) is 27.3. The predicted octanol–water partition coefficient (Wildman–Crippen LogP) is 4.14. The Morgan fingerprint density at radius 1 is 1.44 bits per heavy atom. The topological polar surface area (TPSA) is 12.0 Å². The van der Waals surface area contributed by atoms with Crippen molar-refractivity contribution in [1.82, 2.24) is 5.32 Å². The summed E-state index contributed by atoms with van der Waals surface area (Å²) in [4.78, 5) is 0. The highest BCUT2D eigenvalue weighted by atomic mass is 35.5. The largest absolute Gasteiger partial charge is 0.314 e. The molecule has 1 fully saturated rings. The lowest BCUT2D eigenvalue weighted by Crippen LogP contribution is -2.49. The Morgan fingerprint density at radius 2 is 2.11 bits per heavy atom. The maximum atomic E-state index is 13.1. The van der Waals surface area contributed by atoms with Gasteiger partial charge < -0.3 is 5.32 Å². The molecule has 0 spiro atoms. The summed E-state index contributed by atoms with van der Waals surface area (Å²) in [6, 6.07) is 5.25. The van der Waals surface area contributed by atoms with Gasteiger partial charge in [-0.25, -0.2) is 4.39 Å². The summed E-state index contributed by atoms with van der Waals surface area (Å²) in [7, 11) is 0. The van der Waals surface area contributed by atoms with E-state index < -0.39 is 0 Å². The minimum atomic E-state index is -0.261. The first-order valence-corrected chi connectivity index (χ1v) is 7.00. The molecule has 0 saturated heterocycles. The zero-order chi connectivity index (χ0) is 13.3. The molecular formula is C15H21ClFN. The van der Waals surface area contributed by atoms with Gasteiger partial charge in [0.1, 0.15) is 5.82 Å². The van der Waals surface area contributed by atoms with Gasteiger partial charge in [0.2, 0.25) is 0 Å². The summed E-state index contributed by atoms with van der Waals surface area (Å²) in [6.45, 7) is 7.45. The van der Waals surface area contributed by atoms with Crippen LogP contribution in [0.4, 0.5) is 4.39 Å². The van der Waals surface area contributed by atoms with E-state index in [1.54, 1.807) is 0 Å². The van der Waals surface area contributed by atoms with Crippen molar-refractivity contribution in [3.8, 4) is 0 Å². The van der Waals surface area contributed by atoms with E-state index in [9.17, 15) is 4.39 Å². The molecule has 1 aliphatic rings. The lowest BCUT2D eigenvalue weighted by Gasteiger charge is -2.48. The van der Waals surface area contributed by atoms with Gasteiger partial charge in [0.15, 0.2) is 0 Å². The first-order chi connectivity index (χ1) is 8.43. The van der Waals surface area contributed by atoms with Crippen LogP contribution in [-0.4, -0.2) is 12.6 Å². The van der Waals surface area contributed by atoms with Crippen LogP contribution >= 0.6 is 11.6 Å². The van der Waals surface area contributed by atoms with E-state index in [-0.39, 0.29) is 11.2 Å². The molecule has 3 heteroatoms. The van der Waals surface area contributed by atoms with Gasteiger partial charge in [-0.3, -0.25) is 0 Å². The van der Waals surface area contributed by atoms with Crippen molar-refractivity contribution >= 4 is 11.6 Å². The fraction of sp³-hybridized carbons (Fsp3) is 0.600. The molecule has 0 heterocycles. The van der Waals surface area contributed by atoms with E-state index in [0.29, 0.717) is 11.1 Å². The van der Waals surface area contributed by atoms with Crippen LogP contribution in [0.2, 0.25) is 5.02 Å². The summed E-state index contributed by atoms with van der Waals surface area (Å²) < 4.78 is 13.1. The van der Waals surface area contributed by atoms with Crippen LogP contribution in [0.5, 0.6) is 0 Å². The molecule has 0 radical (unpaired) electrons. The molecule has 0 amide bonds. The Kier molecular flexibility index (Phi) is 3.98. The second-order valence-corrected chi connectivity index (χ2v) is 6.36. The molecule has 2 rings (SSSR count). The summed E-state index contributed by atoms with van der Waals surface area (Å²) >= 11 is 6.22. The minimum Gasteiger partial charge on any atom is -0.314 e. The number of benzene rings is 1. The van der Waals surface area contributed by atoms with E-state index in [1.807, 2.05) is 6.07 Å². The van der Waals surface area contributed by atoms with Crippen LogP contribution in [0, 0.1) is 11.7 Å². The standard InChI is InChI=1S/C15H21ClFN/c1-10(2)18-9-15(7-11(3)8-15)13-5-4-12(17)6-14(13)16/h4-6,10-11,18H,7-9H2,1-3H3. The lowest BCUT2D eigenvalue weighted by molar-refractivity contribution is 0.149. The van der Waals surface area contributed by atoms with Gasteiger partial charge in [0.05, 0.1) is 0 Å². The second kappa shape index (κ2) is 5.18. The van der Waals surface area contributed by atoms with Gasteiger partial charge in [-0.1, -0.05) is 38.4 Å². The fourth-order valence-electron chi connectivity index (χ4n) is 3.05. The number of hydrogen-bond acceptors (Lipinski definition) is 1. The SMILES string of the molecule is CC1CC(CNC(C)C)(c2ccc(F)cc2Cl)C1. The van der Waals surface area contributed by atoms with Crippen LogP contribution in [0.1, 0.15) is 39.2 Å². The number of halogens is 2. The molecule has 100 valence electrons. The molecule has 1 aromatic carbocycles. The first kappa shape index (κ1) is 13.8. The summed E-state index contributed by atoms with van der Waals surface area (Å²) in [6.07, 6.45) is 2.25. The van der Waals surface area contributed by atoms with Crippen LogP contribution < -0.4 is 5.32 Å². The van der Waals surface area contributed by atoms with Crippen LogP contribution in [0.25, 0.3) is 0 Å². The van der Waals surface area contributed by atoms with Gasteiger partial charge in [0, 0.05) is 23.0 Å². The van der Waals surface area contributed by atoms with E-state index >= 15 is 0 Å². The Morgan fingerprint density at radius 3 is 2.61 bits per heavy atom. The summed E-state index contributed by atoms with van der Waals surface area (Å²) in [5.74, 6) is 0.461. The average molecular weight is 270 g/mol. The maximum Gasteiger partial charge on any atom is 0.124 e. The highest BCUT2D eigenvalue weighted by Crippen LogP contribution is 2.49. The van der Waals surface area contributed by atoms with Crippen LogP contribution in [0.15, 0.2) is 18.2 Å². The van der Waals surface area contributed by atoms with Gasteiger partial charge in [-0.05, 0) is 36.5 Å². The Labute approximate surface area is 114 Å². The van der Waals surface area contributed by atoms with E-state index in [4.69, 9.17) is 11.6 Å². The van der Waals surface area contributed by atoms with E-state index in [0.717, 1.165) is 30.9 Å². The van der Waals surface area contributed by atoms with Gasteiger partial charge in [0.25, 0.3) is 0 Å². The van der Waals surface area contributed by atoms with Crippen molar-refractivity contribution in [2.45, 2.75) is 45.1 Å². The minimum absolute atomic E-state index is 0.0917. The average Bonchev–Trinajstić information content (AvgIpc) is 2.23. The highest BCUT2D eigenvalue weighted by Gasteiger charge is 2.44. The smallest absolute Gasteiger partial charge is 0.124 e. The lowest BCUT2D eigenvalue weighted by atomic mass is 9.59. The molecule has 1 aliphatic carbocycles. The van der Waals surface area contributed by atoms with Gasteiger partial charge >= 0.3 is 0 Å². The predicted molar refractivity (Wildman–Crippen MR) is 74.6 cm³/mol. The fourth-order valence-corrected chi connectivity index (χ4v) is 3.42. The monoisotopic (exact) mass is 269 g/mol. The number of nitrogens with one attached hydrogen (secondary N) is 1. The van der Waals surface area contributed by atoms with Gasteiger partial charge in [-0.2, -0.15) is 0 Å². The number of hydrogen-bond donors (Lipinski definition) is 1. The molecular weight excluding hydrogens is 249 g/mol. The molecule has 0 atom stereocenters. The van der Waals surface area contributed by atoms with Crippen molar-refractivity contribution in [3.05, 3.63) is 34.6 Å². The molecule has 1 N–H and O–H groups in total. The Balaban J connectivity index is 2.24.